The molecule has 2 aromatic rings. The number of nitrogens with zero attached hydrogens (tertiary/aromatic N) is 1. The van der Waals surface area contributed by atoms with Gasteiger partial charge in [-0.25, -0.2) is 4.98 Å². The van der Waals surface area contributed by atoms with Gasteiger partial charge in [-0.05, 0) is 18.9 Å². The van der Waals surface area contributed by atoms with Crippen LogP contribution in [0.1, 0.15) is 36.0 Å². The Morgan fingerprint density at radius 1 is 1.22 bits per heavy atom. The molecule has 0 spiro atoms. The highest BCUT2D eigenvalue weighted by Gasteiger charge is 2.02. The van der Waals surface area contributed by atoms with Crippen molar-refractivity contribution in [2.75, 3.05) is 0 Å². The monoisotopic (exact) mass is 242 g/mol. The zero-order chi connectivity index (χ0) is 13.0. The normalized spacial score (nSPS) is 10.6. The first-order valence-electron chi connectivity index (χ1n) is 6.32. The van der Waals surface area contributed by atoms with Crippen molar-refractivity contribution in [1.29, 1.82) is 0 Å². The highest BCUT2D eigenvalue weighted by atomic mass is 16.1. The number of hydrogen-bond donors (Lipinski definition) is 1. The average Bonchev–Trinajstić information content (AvgIpc) is 2.32. The Balaban J connectivity index is 2.23. The van der Waals surface area contributed by atoms with Crippen LogP contribution >= 0.6 is 0 Å². The Morgan fingerprint density at radius 2 is 1.94 bits per heavy atom. The van der Waals surface area contributed by atoms with Crippen LogP contribution in [-0.4, -0.2) is 9.97 Å². The maximum Gasteiger partial charge on any atom is 0.251 e. The molecule has 0 bridgehead atoms. The first kappa shape index (κ1) is 12.6. The highest BCUT2D eigenvalue weighted by molar-refractivity contribution is 5.24. The Kier molecular flexibility index (Phi) is 3.92. The highest BCUT2D eigenvalue weighted by Crippen LogP contribution is 2.07. The molecule has 0 radical (unpaired) electrons. The van der Waals surface area contributed by atoms with Crippen molar-refractivity contribution in [3.8, 4) is 0 Å². The third kappa shape index (κ3) is 3.29. The number of nitrogens with one attached hydrogen (secondary N) is 1. The number of rotatable bonds is 4. The van der Waals surface area contributed by atoms with Crippen LogP contribution in [0.15, 0.2) is 35.1 Å². The molecule has 0 unspecified atom stereocenters. The van der Waals surface area contributed by atoms with Crippen molar-refractivity contribution in [3.63, 3.8) is 0 Å². The summed E-state index contributed by atoms with van der Waals surface area (Å²) in [7, 11) is 0. The van der Waals surface area contributed by atoms with E-state index in [9.17, 15) is 4.79 Å². The molecular formula is C15H18N2O. The molecule has 0 fully saturated rings. The number of hydrogen-bond acceptors (Lipinski definition) is 2. The van der Waals surface area contributed by atoms with Gasteiger partial charge in [-0.1, -0.05) is 43.2 Å². The van der Waals surface area contributed by atoms with Crippen molar-refractivity contribution in [1.82, 2.24) is 9.97 Å². The van der Waals surface area contributed by atoms with Gasteiger partial charge in [0.25, 0.3) is 5.56 Å². The molecule has 0 saturated carbocycles. The summed E-state index contributed by atoms with van der Waals surface area (Å²) in [5, 5.41) is 0. The summed E-state index contributed by atoms with van der Waals surface area (Å²) in [5.74, 6) is 0.745. The van der Waals surface area contributed by atoms with Crippen LogP contribution in [0.5, 0.6) is 0 Å². The van der Waals surface area contributed by atoms with Gasteiger partial charge in [-0.2, -0.15) is 0 Å². The van der Waals surface area contributed by atoms with Gasteiger partial charge in [0.15, 0.2) is 0 Å². The standard InChI is InChI=1S/C15H18N2O/c1-3-4-13-10-15(18)17-14(16-13)9-12-7-5-11(2)6-8-12/h5-8,10H,3-4,9H2,1-2H3,(H,16,17,18). The summed E-state index contributed by atoms with van der Waals surface area (Å²) >= 11 is 0. The third-order valence-corrected chi connectivity index (χ3v) is 2.84. The van der Waals surface area contributed by atoms with Crippen LogP contribution in [0.2, 0.25) is 0 Å². The van der Waals surface area contributed by atoms with E-state index >= 15 is 0 Å². The number of aromatic nitrogens is 2. The molecule has 1 aromatic carbocycles. The Hall–Kier alpha value is -1.90. The minimum Gasteiger partial charge on any atom is -0.310 e. The molecule has 0 amide bonds. The van der Waals surface area contributed by atoms with E-state index < -0.39 is 0 Å². The topological polar surface area (TPSA) is 45.8 Å². The number of aromatic amines is 1. The maximum absolute atomic E-state index is 11.5. The van der Waals surface area contributed by atoms with E-state index in [4.69, 9.17) is 0 Å². The van der Waals surface area contributed by atoms with Gasteiger partial charge in [0, 0.05) is 18.2 Å². The van der Waals surface area contributed by atoms with E-state index in [1.54, 1.807) is 6.07 Å². The van der Waals surface area contributed by atoms with E-state index in [2.05, 4.69) is 48.1 Å². The van der Waals surface area contributed by atoms with Crippen LogP contribution in [0.3, 0.4) is 0 Å². The zero-order valence-electron chi connectivity index (χ0n) is 10.9. The molecule has 2 rings (SSSR count). The third-order valence-electron chi connectivity index (χ3n) is 2.84. The molecule has 0 aliphatic carbocycles. The summed E-state index contributed by atoms with van der Waals surface area (Å²) in [6.45, 7) is 4.15. The van der Waals surface area contributed by atoms with E-state index in [1.165, 1.54) is 5.56 Å². The van der Waals surface area contributed by atoms with Crippen LogP contribution < -0.4 is 5.56 Å². The lowest BCUT2D eigenvalue weighted by Crippen LogP contribution is -2.13. The first-order valence-corrected chi connectivity index (χ1v) is 6.32. The molecule has 94 valence electrons. The quantitative estimate of drug-likeness (QED) is 0.895. The minimum absolute atomic E-state index is 0.0597. The number of H-pyrrole nitrogens is 1. The molecule has 1 N–H and O–H groups in total. The average molecular weight is 242 g/mol. The van der Waals surface area contributed by atoms with Crippen LogP contribution in [0.4, 0.5) is 0 Å². The molecule has 1 heterocycles. The van der Waals surface area contributed by atoms with E-state index in [-0.39, 0.29) is 5.56 Å². The van der Waals surface area contributed by atoms with Crippen molar-refractivity contribution in [2.45, 2.75) is 33.1 Å². The fourth-order valence-corrected chi connectivity index (χ4v) is 1.93. The van der Waals surface area contributed by atoms with Crippen molar-refractivity contribution in [2.24, 2.45) is 0 Å². The molecule has 0 saturated heterocycles. The Bertz CT molecular complexity index is 570. The molecule has 0 aliphatic heterocycles. The van der Waals surface area contributed by atoms with Gasteiger partial charge >= 0.3 is 0 Å². The van der Waals surface area contributed by atoms with E-state index in [1.807, 2.05) is 0 Å². The molecular weight excluding hydrogens is 224 g/mol. The largest absolute Gasteiger partial charge is 0.310 e. The molecule has 3 nitrogen and oxygen atoms in total. The number of benzene rings is 1. The van der Waals surface area contributed by atoms with Gasteiger partial charge < -0.3 is 4.98 Å². The summed E-state index contributed by atoms with van der Waals surface area (Å²) in [5.41, 5.74) is 3.22. The predicted octanol–water partition coefficient (Wildman–Crippen LogP) is 2.62. The molecule has 0 atom stereocenters. The molecule has 1 aromatic heterocycles. The fourth-order valence-electron chi connectivity index (χ4n) is 1.93. The van der Waals surface area contributed by atoms with Gasteiger partial charge in [-0.3, -0.25) is 4.79 Å². The molecule has 18 heavy (non-hydrogen) atoms. The lowest BCUT2D eigenvalue weighted by atomic mass is 10.1. The summed E-state index contributed by atoms with van der Waals surface area (Å²) in [6, 6.07) is 9.87. The van der Waals surface area contributed by atoms with Crippen LogP contribution in [-0.2, 0) is 12.8 Å². The maximum atomic E-state index is 11.5. The Morgan fingerprint density at radius 3 is 2.61 bits per heavy atom. The van der Waals surface area contributed by atoms with E-state index in [0.717, 1.165) is 29.9 Å². The van der Waals surface area contributed by atoms with Crippen LogP contribution in [0.25, 0.3) is 0 Å². The summed E-state index contributed by atoms with van der Waals surface area (Å²) in [6.07, 6.45) is 2.53. The summed E-state index contributed by atoms with van der Waals surface area (Å²) < 4.78 is 0. The first-order chi connectivity index (χ1) is 8.67. The summed E-state index contributed by atoms with van der Waals surface area (Å²) in [4.78, 5) is 18.8. The van der Waals surface area contributed by atoms with Gasteiger partial charge in [0.1, 0.15) is 5.82 Å². The second-order valence-corrected chi connectivity index (χ2v) is 4.60. The fraction of sp³-hybridized carbons (Fsp3) is 0.333. The second-order valence-electron chi connectivity index (χ2n) is 4.60. The van der Waals surface area contributed by atoms with Crippen LogP contribution in [0, 0.1) is 6.92 Å². The smallest absolute Gasteiger partial charge is 0.251 e. The van der Waals surface area contributed by atoms with Crippen molar-refractivity contribution < 1.29 is 0 Å². The SMILES string of the molecule is CCCc1cc(=O)[nH]c(Cc2ccc(C)cc2)n1. The molecule has 3 heteroatoms. The van der Waals surface area contributed by atoms with Crippen molar-refractivity contribution in [3.05, 3.63) is 63.3 Å². The predicted molar refractivity (Wildman–Crippen MR) is 72.8 cm³/mol. The lowest BCUT2D eigenvalue weighted by molar-refractivity contribution is 0.832. The van der Waals surface area contributed by atoms with E-state index in [0.29, 0.717) is 6.42 Å². The lowest BCUT2D eigenvalue weighted by Gasteiger charge is -2.04. The Labute approximate surface area is 107 Å². The zero-order valence-corrected chi connectivity index (χ0v) is 10.9. The minimum atomic E-state index is -0.0597. The number of aryl methyl sites for hydroxylation is 2. The van der Waals surface area contributed by atoms with Crippen molar-refractivity contribution >= 4 is 0 Å². The van der Waals surface area contributed by atoms with Gasteiger partial charge in [0.05, 0.1) is 0 Å². The molecule has 0 aliphatic rings. The van der Waals surface area contributed by atoms with Gasteiger partial charge in [0.2, 0.25) is 0 Å². The second kappa shape index (κ2) is 5.63. The van der Waals surface area contributed by atoms with Gasteiger partial charge in [-0.15, -0.1) is 0 Å².